The van der Waals surface area contributed by atoms with Crippen molar-refractivity contribution >= 4 is 5.69 Å². The number of hydrogen-bond donors (Lipinski definition) is 1. The van der Waals surface area contributed by atoms with Gasteiger partial charge in [-0.25, -0.2) is 0 Å². The normalized spacial score (nSPS) is 15.0. The molecule has 2 rings (SSSR count). The fourth-order valence-corrected chi connectivity index (χ4v) is 1.10. The SMILES string of the molecule is N#Cc1cc(N)ccc1OC1CC1. The topological polar surface area (TPSA) is 59.0 Å². The first-order chi connectivity index (χ1) is 6.29. The van der Waals surface area contributed by atoms with E-state index in [-0.39, 0.29) is 0 Å². The zero-order valence-corrected chi connectivity index (χ0v) is 7.16. The van der Waals surface area contributed by atoms with Crippen molar-refractivity contribution < 1.29 is 4.74 Å². The van der Waals surface area contributed by atoms with Gasteiger partial charge in [-0.3, -0.25) is 0 Å². The second-order valence-electron chi connectivity index (χ2n) is 3.18. The average molecular weight is 174 g/mol. The molecule has 0 spiro atoms. The van der Waals surface area contributed by atoms with Gasteiger partial charge in [0.25, 0.3) is 0 Å². The Hall–Kier alpha value is -1.69. The van der Waals surface area contributed by atoms with Crippen LogP contribution in [-0.4, -0.2) is 6.10 Å². The van der Waals surface area contributed by atoms with E-state index in [0.29, 0.717) is 23.1 Å². The van der Waals surface area contributed by atoms with E-state index >= 15 is 0 Å². The van der Waals surface area contributed by atoms with Crippen molar-refractivity contribution in [1.82, 2.24) is 0 Å². The summed E-state index contributed by atoms with van der Waals surface area (Å²) < 4.78 is 5.52. The van der Waals surface area contributed by atoms with Gasteiger partial charge in [-0.05, 0) is 31.0 Å². The predicted molar refractivity (Wildman–Crippen MR) is 49.2 cm³/mol. The van der Waals surface area contributed by atoms with Crippen LogP contribution in [0.4, 0.5) is 5.69 Å². The van der Waals surface area contributed by atoms with E-state index in [1.54, 1.807) is 18.2 Å². The number of rotatable bonds is 2. The molecule has 13 heavy (non-hydrogen) atoms. The van der Waals surface area contributed by atoms with E-state index in [9.17, 15) is 0 Å². The summed E-state index contributed by atoms with van der Waals surface area (Å²) in [4.78, 5) is 0. The number of nitriles is 1. The van der Waals surface area contributed by atoms with Crippen molar-refractivity contribution in [1.29, 1.82) is 5.26 Å². The molecule has 0 unspecified atom stereocenters. The van der Waals surface area contributed by atoms with Gasteiger partial charge in [0.05, 0.1) is 11.7 Å². The third-order valence-corrected chi connectivity index (χ3v) is 1.94. The molecule has 2 N–H and O–H groups in total. The van der Waals surface area contributed by atoms with Gasteiger partial charge in [0, 0.05) is 5.69 Å². The van der Waals surface area contributed by atoms with E-state index in [4.69, 9.17) is 15.7 Å². The molecular formula is C10H10N2O. The standard InChI is InChI=1S/C10H10N2O/c11-6-7-5-8(12)1-4-10(7)13-9-2-3-9/h1,4-5,9H,2-3,12H2. The lowest BCUT2D eigenvalue weighted by Gasteiger charge is -2.06. The maximum atomic E-state index is 8.79. The molecule has 0 amide bonds. The second-order valence-corrected chi connectivity index (χ2v) is 3.18. The Morgan fingerprint density at radius 3 is 2.85 bits per heavy atom. The van der Waals surface area contributed by atoms with E-state index in [2.05, 4.69) is 6.07 Å². The Morgan fingerprint density at radius 2 is 2.23 bits per heavy atom. The molecule has 0 aromatic heterocycles. The first-order valence-electron chi connectivity index (χ1n) is 4.26. The highest BCUT2D eigenvalue weighted by molar-refractivity contribution is 5.53. The summed E-state index contributed by atoms with van der Waals surface area (Å²) in [5.41, 5.74) is 6.66. The number of nitrogens with zero attached hydrogens (tertiary/aromatic N) is 1. The molecule has 1 aliphatic carbocycles. The summed E-state index contributed by atoms with van der Waals surface area (Å²) in [7, 11) is 0. The highest BCUT2D eigenvalue weighted by Gasteiger charge is 2.24. The molecule has 0 bridgehead atoms. The fraction of sp³-hybridized carbons (Fsp3) is 0.300. The van der Waals surface area contributed by atoms with Gasteiger partial charge in [-0.2, -0.15) is 5.26 Å². The first-order valence-corrected chi connectivity index (χ1v) is 4.26. The number of anilines is 1. The van der Waals surface area contributed by atoms with Crippen molar-refractivity contribution in [3.63, 3.8) is 0 Å². The van der Waals surface area contributed by atoms with Crippen molar-refractivity contribution in [2.75, 3.05) is 5.73 Å². The minimum absolute atomic E-state index is 0.315. The smallest absolute Gasteiger partial charge is 0.137 e. The Bertz CT molecular complexity index is 364. The zero-order valence-electron chi connectivity index (χ0n) is 7.16. The molecule has 1 saturated carbocycles. The average Bonchev–Trinajstić information content (AvgIpc) is 2.92. The van der Waals surface area contributed by atoms with E-state index in [0.717, 1.165) is 12.8 Å². The number of benzene rings is 1. The molecule has 0 heterocycles. The molecule has 66 valence electrons. The molecule has 1 aliphatic rings. The van der Waals surface area contributed by atoms with Crippen molar-refractivity contribution in [2.24, 2.45) is 0 Å². The van der Waals surface area contributed by atoms with E-state index < -0.39 is 0 Å². The van der Waals surface area contributed by atoms with Crippen LogP contribution < -0.4 is 10.5 Å². The van der Waals surface area contributed by atoms with Gasteiger partial charge in [-0.1, -0.05) is 0 Å². The second kappa shape index (κ2) is 2.98. The summed E-state index contributed by atoms with van der Waals surface area (Å²) in [6.45, 7) is 0. The van der Waals surface area contributed by atoms with E-state index in [1.165, 1.54) is 0 Å². The van der Waals surface area contributed by atoms with Gasteiger partial charge in [0.1, 0.15) is 11.8 Å². The van der Waals surface area contributed by atoms with Crippen LogP contribution >= 0.6 is 0 Å². The fourth-order valence-electron chi connectivity index (χ4n) is 1.10. The first kappa shape index (κ1) is 7.93. The van der Waals surface area contributed by atoms with E-state index in [1.807, 2.05) is 0 Å². The molecule has 1 fully saturated rings. The van der Waals surface area contributed by atoms with Gasteiger partial charge < -0.3 is 10.5 Å². The van der Waals surface area contributed by atoms with Crippen LogP contribution in [-0.2, 0) is 0 Å². The van der Waals surface area contributed by atoms with Crippen molar-refractivity contribution in [3.05, 3.63) is 23.8 Å². The minimum Gasteiger partial charge on any atom is -0.489 e. The van der Waals surface area contributed by atoms with Crippen LogP contribution in [0.1, 0.15) is 18.4 Å². The lowest BCUT2D eigenvalue weighted by Crippen LogP contribution is -1.98. The lowest BCUT2D eigenvalue weighted by molar-refractivity contribution is 0.302. The molecule has 1 aromatic rings. The van der Waals surface area contributed by atoms with Gasteiger partial charge in [-0.15, -0.1) is 0 Å². The summed E-state index contributed by atoms with van der Waals surface area (Å²) in [5, 5.41) is 8.79. The monoisotopic (exact) mass is 174 g/mol. The van der Waals surface area contributed by atoms with Crippen LogP contribution in [0.15, 0.2) is 18.2 Å². The maximum absolute atomic E-state index is 8.79. The Balaban J connectivity index is 2.27. The minimum atomic E-state index is 0.315. The zero-order chi connectivity index (χ0) is 9.26. The number of ether oxygens (including phenoxy) is 1. The Kier molecular flexibility index (Phi) is 1.82. The van der Waals surface area contributed by atoms with Crippen LogP contribution in [0.3, 0.4) is 0 Å². The van der Waals surface area contributed by atoms with Gasteiger partial charge in [0.2, 0.25) is 0 Å². The molecule has 0 saturated heterocycles. The Labute approximate surface area is 76.7 Å². The lowest BCUT2D eigenvalue weighted by atomic mass is 10.2. The van der Waals surface area contributed by atoms with Crippen LogP contribution in [0, 0.1) is 11.3 Å². The third kappa shape index (κ3) is 1.73. The summed E-state index contributed by atoms with van der Waals surface area (Å²) >= 11 is 0. The Morgan fingerprint density at radius 1 is 1.46 bits per heavy atom. The summed E-state index contributed by atoms with van der Waals surface area (Å²) in [5.74, 6) is 0.652. The largest absolute Gasteiger partial charge is 0.489 e. The quantitative estimate of drug-likeness (QED) is 0.694. The molecule has 0 atom stereocenters. The van der Waals surface area contributed by atoms with Gasteiger partial charge >= 0.3 is 0 Å². The van der Waals surface area contributed by atoms with Crippen LogP contribution in [0.25, 0.3) is 0 Å². The highest BCUT2D eigenvalue weighted by Crippen LogP contribution is 2.29. The van der Waals surface area contributed by atoms with Crippen LogP contribution in [0.2, 0.25) is 0 Å². The third-order valence-electron chi connectivity index (χ3n) is 1.94. The number of nitrogens with two attached hydrogens (primary N) is 1. The summed E-state index contributed by atoms with van der Waals surface area (Å²) in [6.07, 6.45) is 2.50. The molecule has 0 radical (unpaired) electrons. The van der Waals surface area contributed by atoms with Crippen LogP contribution in [0.5, 0.6) is 5.75 Å². The number of hydrogen-bond acceptors (Lipinski definition) is 3. The molecule has 3 nitrogen and oxygen atoms in total. The predicted octanol–water partition coefficient (Wildman–Crippen LogP) is 1.68. The van der Waals surface area contributed by atoms with Crippen molar-refractivity contribution in [3.8, 4) is 11.8 Å². The molecule has 0 aliphatic heterocycles. The maximum Gasteiger partial charge on any atom is 0.137 e. The molecule has 3 heteroatoms. The van der Waals surface area contributed by atoms with Gasteiger partial charge in [0.15, 0.2) is 0 Å². The molecule has 1 aromatic carbocycles. The molecular weight excluding hydrogens is 164 g/mol. The highest BCUT2D eigenvalue weighted by atomic mass is 16.5. The summed E-state index contributed by atoms with van der Waals surface area (Å²) in [6, 6.07) is 7.21. The number of nitrogen functional groups attached to an aromatic ring is 1. The van der Waals surface area contributed by atoms with Crippen molar-refractivity contribution in [2.45, 2.75) is 18.9 Å².